The molecule has 106 valence electrons. The van der Waals surface area contributed by atoms with Crippen LogP contribution in [0.5, 0.6) is 0 Å². The van der Waals surface area contributed by atoms with Gasteiger partial charge in [0.05, 0.1) is 12.2 Å². The van der Waals surface area contributed by atoms with Crippen molar-refractivity contribution in [3.8, 4) is 0 Å². The molecule has 0 fully saturated rings. The van der Waals surface area contributed by atoms with E-state index in [0.717, 1.165) is 12.1 Å². The second-order valence-electron chi connectivity index (χ2n) is 4.34. The Labute approximate surface area is 115 Å². The molecule has 0 atom stereocenters. The summed E-state index contributed by atoms with van der Waals surface area (Å²) in [5, 5.41) is 3.99. The highest BCUT2D eigenvalue weighted by Gasteiger charge is 2.15. The first-order valence-electron chi connectivity index (χ1n) is 6.18. The summed E-state index contributed by atoms with van der Waals surface area (Å²) in [6.45, 7) is 2.14. The van der Waals surface area contributed by atoms with Crippen LogP contribution in [0.15, 0.2) is 30.6 Å². The molecular weight excluding hydrogens is 266 g/mol. The SMILES string of the molecule is Cc1cc(F)c(C(=O)OCCCn2cccn2)cc1F. The summed E-state index contributed by atoms with van der Waals surface area (Å²) in [6.07, 6.45) is 3.98. The van der Waals surface area contributed by atoms with E-state index in [1.807, 2.05) is 0 Å². The standard InChI is InChI=1S/C14H14F2N2O2/c1-10-8-13(16)11(9-12(10)15)14(19)20-7-3-6-18-5-2-4-17-18/h2,4-5,8-9H,3,6-7H2,1H3. The maximum Gasteiger partial charge on any atom is 0.341 e. The zero-order valence-corrected chi connectivity index (χ0v) is 11.0. The highest BCUT2D eigenvalue weighted by Crippen LogP contribution is 2.15. The van der Waals surface area contributed by atoms with Crippen molar-refractivity contribution < 1.29 is 18.3 Å². The van der Waals surface area contributed by atoms with E-state index in [1.165, 1.54) is 6.92 Å². The van der Waals surface area contributed by atoms with E-state index in [2.05, 4.69) is 5.10 Å². The first kappa shape index (κ1) is 14.2. The van der Waals surface area contributed by atoms with E-state index in [-0.39, 0.29) is 17.7 Å². The summed E-state index contributed by atoms with van der Waals surface area (Å²) in [6, 6.07) is 3.63. The molecule has 6 heteroatoms. The first-order valence-corrected chi connectivity index (χ1v) is 6.18. The van der Waals surface area contributed by atoms with Gasteiger partial charge in [-0.2, -0.15) is 5.10 Å². The lowest BCUT2D eigenvalue weighted by atomic mass is 10.1. The van der Waals surface area contributed by atoms with Gasteiger partial charge in [-0.05, 0) is 30.7 Å². The smallest absolute Gasteiger partial charge is 0.341 e. The molecule has 0 aliphatic carbocycles. The van der Waals surface area contributed by atoms with Crippen LogP contribution >= 0.6 is 0 Å². The lowest BCUT2D eigenvalue weighted by Crippen LogP contribution is -2.11. The van der Waals surface area contributed by atoms with Gasteiger partial charge in [-0.3, -0.25) is 4.68 Å². The van der Waals surface area contributed by atoms with Crippen LogP contribution in [0, 0.1) is 18.6 Å². The molecule has 0 amide bonds. The highest BCUT2D eigenvalue weighted by molar-refractivity contribution is 5.89. The molecule has 0 aliphatic heterocycles. The van der Waals surface area contributed by atoms with Gasteiger partial charge in [0.1, 0.15) is 11.6 Å². The normalized spacial score (nSPS) is 10.6. The molecule has 2 rings (SSSR count). The molecule has 0 radical (unpaired) electrons. The van der Waals surface area contributed by atoms with E-state index in [1.54, 1.807) is 23.1 Å². The second-order valence-corrected chi connectivity index (χ2v) is 4.34. The van der Waals surface area contributed by atoms with Crippen LogP contribution in [0.2, 0.25) is 0 Å². The van der Waals surface area contributed by atoms with Crippen molar-refractivity contribution in [2.24, 2.45) is 0 Å². The number of halogens is 2. The summed E-state index contributed by atoms with van der Waals surface area (Å²) in [4.78, 5) is 11.6. The van der Waals surface area contributed by atoms with E-state index < -0.39 is 17.6 Å². The van der Waals surface area contributed by atoms with E-state index >= 15 is 0 Å². The molecule has 2 aromatic rings. The van der Waals surface area contributed by atoms with Crippen molar-refractivity contribution >= 4 is 5.97 Å². The van der Waals surface area contributed by atoms with Gasteiger partial charge in [0.25, 0.3) is 0 Å². The molecule has 0 saturated carbocycles. The molecule has 0 bridgehead atoms. The highest BCUT2D eigenvalue weighted by atomic mass is 19.1. The average molecular weight is 280 g/mol. The maximum absolute atomic E-state index is 13.5. The molecule has 20 heavy (non-hydrogen) atoms. The fourth-order valence-electron chi connectivity index (χ4n) is 1.70. The molecule has 1 aromatic carbocycles. The molecule has 4 nitrogen and oxygen atoms in total. The Hall–Kier alpha value is -2.24. The molecule has 0 saturated heterocycles. The lowest BCUT2D eigenvalue weighted by molar-refractivity contribution is 0.0489. The lowest BCUT2D eigenvalue weighted by Gasteiger charge is -2.07. The van der Waals surface area contributed by atoms with E-state index in [4.69, 9.17) is 4.74 Å². The largest absolute Gasteiger partial charge is 0.462 e. The predicted octanol–water partition coefficient (Wildman–Crippen LogP) is 2.72. The number of ether oxygens (including phenoxy) is 1. The van der Waals surface area contributed by atoms with Gasteiger partial charge in [0.2, 0.25) is 0 Å². The summed E-state index contributed by atoms with van der Waals surface area (Å²) < 4.78 is 33.4. The molecular formula is C14H14F2N2O2. The number of benzene rings is 1. The van der Waals surface area contributed by atoms with Crippen LogP contribution in [0.3, 0.4) is 0 Å². The summed E-state index contributed by atoms with van der Waals surface area (Å²) in [5.74, 6) is -2.27. The summed E-state index contributed by atoms with van der Waals surface area (Å²) in [7, 11) is 0. The van der Waals surface area contributed by atoms with Gasteiger partial charge >= 0.3 is 5.97 Å². The second kappa shape index (κ2) is 6.27. The van der Waals surface area contributed by atoms with Gasteiger partial charge in [-0.25, -0.2) is 13.6 Å². The van der Waals surface area contributed by atoms with Crippen LogP contribution < -0.4 is 0 Å². The van der Waals surface area contributed by atoms with E-state index in [9.17, 15) is 13.6 Å². The quantitative estimate of drug-likeness (QED) is 0.625. The van der Waals surface area contributed by atoms with Crippen LogP contribution in [-0.4, -0.2) is 22.4 Å². The Morgan fingerprint density at radius 2 is 2.15 bits per heavy atom. The Bertz CT molecular complexity index is 597. The molecule has 0 N–H and O–H groups in total. The van der Waals surface area contributed by atoms with Crippen molar-refractivity contribution in [3.63, 3.8) is 0 Å². The van der Waals surface area contributed by atoms with Crippen molar-refractivity contribution in [1.29, 1.82) is 0 Å². The number of rotatable bonds is 5. The molecule has 0 spiro atoms. The van der Waals surface area contributed by atoms with Crippen molar-refractivity contribution in [2.45, 2.75) is 19.9 Å². The molecule has 0 unspecified atom stereocenters. The Morgan fingerprint density at radius 1 is 1.35 bits per heavy atom. The maximum atomic E-state index is 13.5. The minimum atomic E-state index is -0.859. The number of esters is 1. The zero-order valence-electron chi connectivity index (χ0n) is 11.0. The fourth-order valence-corrected chi connectivity index (χ4v) is 1.70. The third-order valence-electron chi connectivity index (χ3n) is 2.79. The Kier molecular flexibility index (Phi) is 4.45. The van der Waals surface area contributed by atoms with Crippen LogP contribution in [0.1, 0.15) is 22.3 Å². The number of hydrogen-bond acceptors (Lipinski definition) is 3. The minimum absolute atomic E-state index is 0.119. The van der Waals surface area contributed by atoms with Gasteiger partial charge in [0, 0.05) is 25.4 Å². The number of carbonyl (C=O) groups excluding carboxylic acids is 1. The van der Waals surface area contributed by atoms with Gasteiger partial charge in [-0.15, -0.1) is 0 Å². The zero-order chi connectivity index (χ0) is 14.5. The minimum Gasteiger partial charge on any atom is -0.462 e. The van der Waals surface area contributed by atoms with Crippen LogP contribution in [-0.2, 0) is 11.3 Å². The average Bonchev–Trinajstić information content (AvgIpc) is 2.92. The van der Waals surface area contributed by atoms with Gasteiger partial charge in [-0.1, -0.05) is 0 Å². The topological polar surface area (TPSA) is 44.1 Å². The Morgan fingerprint density at radius 3 is 2.85 bits per heavy atom. The third-order valence-corrected chi connectivity index (χ3v) is 2.79. The van der Waals surface area contributed by atoms with Crippen molar-refractivity contribution in [1.82, 2.24) is 9.78 Å². The molecule has 1 aromatic heterocycles. The van der Waals surface area contributed by atoms with Crippen molar-refractivity contribution in [2.75, 3.05) is 6.61 Å². The molecule has 1 heterocycles. The number of carbonyl (C=O) groups is 1. The summed E-state index contributed by atoms with van der Waals surface area (Å²) >= 11 is 0. The van der Waals surface area contributed by atoms with E-state index in [0.29, 0.717) is 13.0 Å². The monoisotopic (exact) mass is 280 g/mol. The van der Waals surface area contributed by atoms with Gasteiger partial charge in [0.15, 0.2) is 0 Å². The van der Waals surface area contributed by atoms with Crippen molar-refractivity contribution in [3.05, 3.63) is 53.4 Å². The first-order chi connectivity index (χ1) is 9.58. The third kappa shape index (κ3) is 3.40. The van der Waals surface area contributed by atoms with Crippen LogP contribution in [0.25, 0.3) is 0 Å². The van der Waals surface area contributed by atoms with Gasteiger partial charge < -0.3 is 4.74 Å². The number of nitrogens with zero attached hydrogens (tertiary/aromatic N) is 2. The van der Waals surface area contributed by atoms with Crippen LogP contribution in [0.4, 0.5) is 8.78 Å². The molecule has 0 aliphatic rings. The fraction of sp³-hybridized carbons (Fsp3) is 0.286. The summed E-state index contributed by atoms with van der Waals surface area (Å²) in [5.41, 5.74) is -0.232. The number of aromatic nitrogens is 2. The predicted molar refractivity (Wildman–Crippen MR) is 68.2 cm³/mol. The Balaban J connectivity index is 1.87. The number of hydrogen-bond donors (Lipinski definition) is 0. The number of aryl methyl sites for hydroxylation is 2.